The molecule has 4 atom stereocenters. The Labute approximate surface area is 229 Å². The van der Waals surface area contributed by atoms with Crippen LogP contribution < -0.4 is 10.6 Å². The first-order chi connectivity index (χ1) is 18.3. The standard InChI is InChI=1S/C30H51N3O5/c1-3-4-5-6-7-8-9-10-13-26(36)22-33(21-23(2)34)19-12-11-14-27-29(37)32-28(30(38)31-27)20-24-15-17-25(35)18-16-24/h15-18,23,26-28,34-36H,3-14,19-22H2,1-2H3,(H,31,38)(H,32,37). The van der Waals surface area contributed by atoms with E-state index in [1.165, 1.54) is 38.5 Å². The van der Waals surface area contributed by atoms with Gasteiger partial charge in [-0.25, -0.2) is 0 Å². The molecule has 216 valence electrons. The second kappa shape index (κ2) is 18.2. The Hall–Kier alpha value is -2.16. The number of carbonyl (C=O) groups excluding carboxylic acids is 2. The third kappa shape index (κ3) is 13.1. The van der Waals surface area contributed by atoms with Gasteiger partial charge in [0, 0.05) is 19.5 Å². The molecule has 4 unspecified atom stereocenters. The maximum atomic E-state index is 12.6. The number of piperazine rings is 1. The van der Waals surface area contributed by atoms with Gasteiger partial charge in [0.1, 0.15) is 17.8 Å². The van der Waals surface area contributed by atoms with E-state index in [2.05, 4.69) is 22.5 Å². The number of aliphatic hydroxyl groups is 2. The van der Waals surface area contributed by atoms with Gasteiger partial charge in [0.25, 0.3) is 0 Å². The van der Waals surface area contributed by atoms with Crippen molar-refractivity contribution in [1.82, 2.24) is 15.5 Å². The number of rotatable bonds is 20. The van der Waals surface area contributed by atoms with E-state index < -0.39 is 24.3 Å². The molecule has 2 rings (SSSR count). The Morgan fingerprint density at radius 3 is 2.08 bits per heavy atom. The maximum absolute atomic E-state index is 12.6. The van der Waals surface area contributed by atoms with Gasteiger partial charge in [-0.2, -0.15) is 0 Å². The lowest BCUT2D eigenvalue weighted by Gasteiger charge is -2.30. The summed E-state index contributed by atoms with van der Waals surface area (Å²) in [5.41, 5.74) is 0.865. The molecule has 5 N–H and O–H groups in total. The van der Waals surface area contributed by atoms with Crippen LogP contribution >= 0.6 is 0 Å². The molecule has 1 aliphatic heterocycles. The largest absolute Gasteiger partial charge is 0.508 e. The molecule has 0 aliphatic carbocycles. The Balaban J connectivity index is 1.65. The fourth-order valence-electron chi connectivity index (χ4n) is 5.11. The number of aromatic hydroxyl groups is 1. The summed E-state index contributed by atoms with van der Waals surface area (Å²) in [7, 11) is 0. The van der Waals surface area contributed by atoms with Crippen molar-refractivity contribution in [2.45, 2.75) is 122 Å². The second-order valence-corrected chi connectivity index (χ2v) is 11.0. The number of hydrogen-bond donors (Lipinski definition) is 5. The van der Waals surface area contributed by atoms with Crippen molar-refractivity contribution in [2.24, 2.45) is 0 Å². The summed E-state index contributed by atoms with van der Waals surface area (Å²) in [6, 6.07) is 5.45. The van der Waals surface area contributed by atoms with E-state index in [4.69, 9.17) is 0 Å². The summed E-state index contributed by atoms with van der Waals surface area (Å²) in [4.78, 5) is 27.2. The van der Waals surface area contributed by atoms with Gasteiger partial charge in [-0.15, -0.1) is 0 Å². The van der Waals surface area contributed by atoms with Gasteiger partial charge >= 0.3 is 0 Å². The van der Waals surface area contributed by atoms with Crippen LogP contribution in [0.3, 0.4) is 0 Å². The highest BCUT2D eigenvalue weighted by atomic mass is 16.3. The molecule has 0 radical (unpaired) electrons. The predicted octanol–water partition coefficient (Wildman–Crippen LogP) is 3.66. The molecule has 1 saturated heterocycles. The Morgan fingerprint density at radius 2 is 1.42 bits per heavy atom. The minimum Gasteiger partial charge on any atom is -0.508 e. The lowest BCUT2D eigenvalue weighted by molar-refractivity contribution is -0.136. The molecule has 1 aromatic rings. The summed E-state index contributed by atoms with van der Waals surface area (Å²) >= 11 is 0. The van der Waals surface area contributed by atoms with Gasteiger partial charge < -0.3 is 26.0 Å². The number of aliphatic hydroxyl groups excluding tert-OH is 2. The van der Waals surface area contributed by atoms with Crippen LogP contribution in [0.25, 0.3) is 0 Å². The van der Waals surface area contributed by atoms with E-state index in [0.29, 0.717) is 25.9 Å². The first-order valence-electron chi connectivity index (χ1n) is 14.8. The van der Waals surface area contributed by atoms with E-state index in [9.17, 15) is 24.9 Å². The molecule has 38 heavy (non-hydrogen) atoms. The molecule has 1 fully saturated rings. The van der Waals surface area contributed by atoms with Crippen LogP contribution in [0.4, 0.5) is 0 Å². The molecule has 0 bridgehead atoms. The van der Waals surface area contributed by atoms with Gasteiger partial charge in [0.05, 0.1) is 12.2 Å². The Kier molecular flexibility index (Phi) is 15.3. The third-order valence-corrected chi connectivity index (χ3v) is 7.24. The van der Waals surface area contributed by atoms with Gasteiger partial charge in [0.15, 0.2) is 0 Å². The quantitative estimate of drug-likeness (QED) is 0.163. The van der Waals surface area contributed by atoms with Crippen molar-refractivity contribution in [3.63, 3.8) is 0 Å². The average Bonchev–Trinajstić information content (AvgIpc) is 2.87. The highest BCUT2D eigenvalue weighted by Crippen LogP contribution is 2.15. The summed E-state index contributed by atoms with van der Waals surface area (Å²) in [5.74, 6) is -0.201. The maximum Gasteiger partial charge on any atom is 0.243 e. The lowest BCUT2D eigenvalue weighted by Crippen LogP contribution is -2.62. The normalized spacial score (nSPS) is 19.3. The molecular weight excluding hydrogens is 482 g/mol. The van der Waals surface area contributed by atoms with Crippen molar-refractivity contribution in [3.05, 3.63) is 29.8 Å². The van der Waals surface area contributed by atoms with Gasteiger partial charge in [-0.1, -0.05) is 70.4 Å². The number of unbranched alkanes of at least 4 members (excludes halogenated alkanes) is 8. The molecule has 0 aromatic heterocycles. The number of hydrogen-bond acceptors (Lipinski definition) is 6. The summed E-state index contributed by atoms with van der Waals surface area (Å²) < 4.78 is 0. The van der Waals surface area contributed by atoms with E-state index in [-0.39, 0.29) is 17.6 Å². The molecule has 8 heteroatoms. The number of nitrogens with one attached hydrogen (secondary N) is 2. The first kappa shape index (κ1) is 32.1. The van der Waals surface area contributed by atoms with Crippen molar-refractivity contribution in [1.29, 1.82) is 0 Å². The Bertz CT molecular complexity index is 802. The van der Waals surface area contributed by atoms with E-state index in [1.54, 1.807) is 31.2 Å². The second-order valence-electron chi connectivity index (χ2n) is 11.0. The fourth-order valence-corrected chi connectivity index (χ4v) is 5.11. The van der Waals surface area contributed by atoms with Crippen molar-refractivity contribution < 1.29 is 24.9 Å². The van der Waals surface area contributed by atoms with Gasteiger partial charge in [-0.05, 0) is 56.8 Å². The molecule has 8 nitrogen and oxygen atoms in total. The summed E-state index contributed by atoms with van der Waals surface area (Å²) in [6.07, 6.45) is 12.3. The molecular formula is C30H51N3O5. The number of carbonyl (C=O) groups is 2. The number of phenols is 1. The summed E-state index contributed by atoms with van der Waals surface area (Å²) in [5, 5.41) is 35.5. The predicted molar refractivity (Wildman–Crippen MR) is 151 cm³/mol. The molecule has 0 saturated carbocycles. The SMILES string of the molecule is CCCCCCCCCCC(O)CN(CCCCC1NC(=O)C(Cc2ccc(O)cc2)NC1=O)CC(C)O. The molecule has 1 aliphatic rings. The van der Waals surface area contributed by atoms with E-state index >= 15 is 0 Å². The van der Waals surface area contributed by atoms with Crippen LogP contribution in [0.5, 0.6) is 5.75 Å². The minimum atomic E-state index is -0.618. The van der Waals surface area contributed by atoms with E-state index in [0.717, 1.165) is 44.2 Å². The number of phenolic OH excluding ortho intramolecular Hbond substituents is 1. The summed E-state index contributed by atoms with van der Waals surface area (Å²) in [6.45, 7) is 5.77. The molecule has 1 aromatic carbocycles. The van der Waals surface area contributed by atoms with Crippen LogP contribution in [-0.4, -0.2) is 76.0 Å². The van der Waals surface area contributed by atoms with Crippen molar-refractivity contribution in [3.8, 4) is 5.75 Å². The number of amides is 2. The number of nitrogens with zero attached hydrogens (tertiary/aromatic N) is 1. The first-order valence-corrected chi connectivity index (χ1v) is 14.8. The highest BCUT2D eigenvalue weighted by Gasteiger charge is 2.33. The lowest BCUT2D eigenvalue weighted by atomic mass is 9.99. The highest BCUT2D eigenvalue weighted by molar-refractivity contribution is 5.97. The van der Waals surface area contributed by atoms with Crippen LogP contribution in [0.15, 0.2) is 24.3 Å². The van der Waals surface area contributed by atoms with Crippen molar-refractivity contribution >= 4 is 11.8 Å². The molecule has 0 spiro atoms. The zero-order valence-electron chi connectivity index (χ0n) is 23.5. The monoisotopic (exact) mass is 533 g/mol. The zero-order valence-corrected chi connectivity index (χ0v) is 23.5. The van der Waals surface area contributed by atoms with Crippen LogP contribution in [0, 0.1) is 0 Å². The Morgan fingerprint density at radius 1 is 0.816 bits per heavy atom. The van der Waals surface area contributed by atoms with Crippen LogP contribution in [-0.2, 0) is 16.0 Å². The zero-order chi connectivity index (χ0) is 27.8. The minimum absolute atomic E-state index is 0.163. The number of benzene rings is 1. The molecule has 2 amide bonds. The average molecular weight is 534 g/mol. The van der Waals surface area contributed by atoms with Crippen LogP contribution in [0.2, 0.25) is 0 Å². The third-order valence-electron chi connectivity index (χ3n) is 7.24. The van der Waals surface area contributed by atoms with E-state index in [1.807, 2.05) is 0 Å². The van der Waals surface area contributed by atoms with Crippen molar-refractivity contribution in [2.75, 3.05) is 19.6 Å². The molecule has 1 heterocycles. The van der Waals surface area contributed by atoms with Gasteiger partial charge in [-0.3, -0.25) is 14.5 Å². The smallest absolute Gasteiger partial charge is 0.243 e. The topological polar surface area (TPSA) is 122 Å². The fraction of sp³-hybridized carbons (Fsp3) is 0.733. The van der Waals surface area contributed by atoms with Crippen LogP contribution in [0.1, 0.15) is 96.5 Å². The van der Waals surface area contributed by atoms with Gasteiger partial charge in [0.2, 0.25) is 11.8 Å².